The number of rotatable bonds is 5. The summed E-state index contributed by atoms with van der Waals surface area (Å²) in [5, 5.41) is 4.13. The van der Waals surface area contributed by atoms with Gasteiger partial charge in [0.15, 0.2) is 0 Å². The highest BCUT2D eigenvalue weighted by Crippen LogP contribution is 2.09. The molecule has 0 unspecified atom stereocenters. The first kappa shape index (κ1) is 10.1. The fourth-order valence-corrected chi connectivity index (χ4v) is 1.85. The Balaban J connectivity index is 1.67. The average molecular weight is 223 g/mol. The van der Waals surface area contributed by atoms with Crippen LogP contribution in [0.4, 0.5) is 5.13 Å². The monoisotopic (exact) mass is 223 g/mol. The average Bonchev–Trinajstić information content (AvgIpc) is 2.84. The molecule has 0 aliphatic carbocycles. The van der Waals surface area contributed by atoms with Crippen LogP contribution in [0, 0.1) is 6.92 Å². The minimum atomic E-state index is 0.827. The number of imidazole rings is 1. The molecule has 2 aromatic rings. The molecule has 0 saturated heterocycles. The third-order valence-corrected chi connectivity index (χ3v) is 2.71. The summed E-state index contributed by atoms with van der Waals surface area (Å²) in [7, 11) is 0. The molecule has 0 atom stereocenters. The van der Waals surface area contributed by atoms with Gasteiger partial charge in [0.2, 0.25) is 5.13 Å². The Morgan fingerprint density at radius 3 is 3.13 bits per heavy atom. The fourth-order valence-electron chi connectivity index (χ4n) is 1.25. The van der Waals surface area contributed by atoms with Gasteiger partial charge in [0.05, 0.1) is 0 Å². The van der Waals surface area contributed by atoms with E-state index in [-0.39, 0.29) is 0 Å². The van der Waals surface area contributed by atoms with E-state index in [1.165, 1.54) is 11.5 Å². The number of hydrogen-bond acceptors (Lipinski definition) is 5. The van der Waals surface area contributed by atoms with Gasteiger partial charge in [0.25, 0.3) is 0 Å². The number of anilines is 1. The highest BCUT2D eigenvalue weighted by molar-refractivity contribution is 7.09. The van der Waals surface area contributed by atoms with Crippen molar-refractivity contribution in [2.75, 3.05) is 11.9 Å². The predicted molar refractivity (Wildman–Crippen MR) is 60.0 cm³/mol. The van der Waals surface area contributed by atoms with Crippen molar-refractivity contribution >= 4 is 16.7 Å². The van der Waals surface area contributed by atoms with Crippen molar-refractivity contribution in [3.05, 3.63) is 24.0 Å². The van der Waals surface area contributed by atoms with Gasteiger partial charge < -0.3 is 10.3 Å². The van der Waals surface area contributed by atoms with Crippen LogP contribution in [-0.4, -0.2) is 25.9 Å². The molecule has 0 amide bonds. The van der Waals surface area contributed by atoms with E-state index in [4.69, 9.17) is 0 Å². The number of aromatic nitrogens is 4. The largest absolute Gasteiger partial charge is 0.360 e. The highest BCUT2D eigenvalue weighted by atomic mass is 32.1. The lowest BCUT2D eigenvalue weighted by molar-refractivity contribution is 0.815. The van der Waals surface area contributed by atoms with Crippen LogP contribution in [0.15, 0.2) is 12.4 Å². The molecule has 0 spiro atoms. The van der Waals surface area contributed by atoms with Gasteiger partial charge in [-0.3, -0.25) is 0 Å². The molecule has 0 fully saturated rings. The number of nitrogens with zero attached hydrogens (tertiary/aromatic N) is 3. The second kappa shape index (κ2) is 4.88. The maximum absolute atomic E-state index is 4.22. The number of nitrogens with one attached hydrogen (secondary N) is 2. The number of hydrogen-bond donors (Lipinski definition) is 2. The zero-order valence-electron chi connectivity index (χ0n) is 8.53. The molecule has 15 heavy (non-hydrogen) atoms. The number of H-pyrrole nitrogens is 1. The van der Waals surface area contributed by atoms with E-state index in [0.717, 1.165) is 36.2 Å². The molecule has 0 aliphatic heterocycles. The minimum absolute atomic E-state index is 0.827. The molecule has 0 radical (unpaired) electrons. The summed E-state index contributed by atoms with van der Waals surface area (Å²) in [5.74, 6) is 1.86. The maximum atomic E-state index is 4.22. The molecule has 80 valence electrons. The topological polar surface area (TPSA) is 66.5 Å². The van der Waals surface area contributed by atoms with E-state index in [1.54, 1.807) is 6.20 Å². The molecule has 5 nitrogen and oxygen atoms in total. The SMILES string of the molecule is Cc1nsc(NCCCc2ncc[nH]2)n1. The van der Waals surface area contributed by atoms with Crippen LogP contribution in [0.2, 0.25) is 0 Å². The Labute approximate surface area is 92.1 Å². The summed E-state index contributed by atoms with van der Waals surface area (Å²) >= 11 is 1.40. The first-order valence-corrected chi connectivity index (χ1v) is 5.64. The van der Waals surface area contributed by atoms with E-state index in [9.17, 15) is 0 Å². The van der Waals surface area contributed by atoms with Crippen molar-refractivity contribution in [3.63, 3.8) is 0 Å². The fraction of sp³-hybridized carbons (Fsp3) is 0.444. The smallest absolute Gasteiger partial charge is 0.202 e. The summed E-state index contributed by atoms with van der Waals surface area (Å²) in [4.78, 5) is 11.4. The van der Waals surface area contributed by atoms with E-state index in [0.29, 0.717) is 0 Å². The van der Waals surface area contributed by atoms with Crippen molar-refractivity contribution < 1.29 is 0 Å². The Bertz CT molecular complexity index is 394. The van der Waals surface area contributed by atoms with Gasteiger partial charge >= 0.3 is 0 Å². The van der Waals surface area contributed by atoms with Gasteiger partial charge in [0, 0.05) is 36.9 Å². The van der Waals surface area contributed by atoms with Crippen LogP contribution in [0.25, 0.3) is 0 Å². The Morgan fingerprint density at radius 2 is 2.47 bits per heavy atom. The van der Waals surface area contributed by atoms with Crippen molar-refractivity contribution in [3.8, 4) is 0 Å². The third-order valence-electron chi connectivity index (χ3n) is 1.95. The molecule has 2 rings (SSSR count). The first-order chi connectivity index (χ1) is 7.34. The molecule has 0 aliphatic rings. The molecular formula is C9H13N5S. The van der Waals surface area contributed by atoms with E-state index in [2.05, 4.69) is 24.6 Å². The Kier molecular flexibility index (Phi) is 3.29. The van der Waals surface area contributed by atoms with Gasteiger partial charge in [-0.1, -0.05) is 0 Å². The summed E-state index contributed by atoms with van der Waals surface area (Å²) in [5.41, 5.74) is 0. The second-order valence-electron chi connectivity index (χ2n) is 3.21. The van der Waals surface area contributed by atoms with Crippen molar-refractivity contribution in [1.82, 2.24) is 19.3 Å². The predicted octanol–water partition coefficient (Wildman–Crippen LogP) is 1.61. The van der Waals surface area contributed by atoms with Crippen LogP contribution in [0.1, 0.15) is 18.1 Å². The zero-order valence-corrected chi connectivity index (χ0v) is 9.34. The number of aryl methyl sites for hydroxylation is 2. The van der Waals surface area contributed by atoms with Crippen LogP contribution in [0.5, 0.6) is 0 Å². The summed E-state index contributed by atoms with van der Waals surface area (Å²) < 4.78 is 4.09. The normalized spacial score (nSPS) is 10.5. The number of aromatic amines is 1. The lowest BCUT2D eigenvalue weighted by atomic mass is 10.3. The van der Waals surface area contributed by atoms with Gasteiger partial charge in [-0.15, -0.1) is 0 Å². The van der Waals surface area contributed by atoms with Crippen molar-refractivity contribution in [2.45, 2.75) is 19.8 Å². The molecular weight excluding hydrogens is 210 g/mol. The third kappa shape index (κ3) is 3.02. The molecule has 0 bridgehead atoms. The van der Waals surface area contributed by atoms with Gasteiger partial charge in [-0.25, -0.2) is 9.97 Å². The maximum Gasteiger partial charge on any atom is 0.202 e. The highest BCUT2D eigenvalue weighted by Gasteiger charge is 1.99. The second-order valence-corrected chi connectivity index (χ2v) is 3.96. The van der Waals surface area contributed by atoms with Gasteiger partial charge in [-0.05, 0) is 13.3 Å². The lowest BCUT2D eigenvalue weighted by Gasteiger charge is -1.99. The molecule has 6 heteroatoms. The lowest BCUT2D eigenvalue weighted by Crippen LogP contribution is -2.03. The standard InChI is InChI=1S/C9H13N5S/c1-7-13-9(15-14-7)12-4-2-3-8-10-5-6-11-8/h5-6H,2-4H2,1H3,(H,10,11)(H,12,13,14). The van der Waals surface area contributed by atoms with Crippen molar-refractivity contribution in [2.24, 2.45) is 0 Å². The summed E-state index contributed by atoms with van der Waals surface area (Å²) in [6.07, 6.45) is 5.61. The van der Waals surface area contributed by atoms with E-state index in [1.807, 2.05) is 13.1 Å². The molecule has 0 aromatic carbocycles. The van der Waals surface area contributed by atoms with Crippen molar-refractivity contribution in [1.29, 1.82) is 0 Å². The van der Waals surface area contributed by atoms with Gasteiger partial charge in [-0.2, -0.15) is 4.37 Å². The Hall–Kier alpha value is -1.43. The molecule has 2 aromatic heterocycles. The molecule has 0 saturated carbocycles. The summed E-state index contributed by atoms with van der Waals surface area (Å²) in [6.45, 7) is 2.79. The van der Waals surface area contributed by atoms with Gasteiger partial charge in [0.1, 0.15) is 11.6 Å². The van der Waals surface area contributed by atoms with Crippen LogP contribution in [-0.2, 0) is 6.42 Å². The zero-order chi connectivity index (χ0) is 10.5. The van der Waals surface area contributed by atoms with Crippen LogP contribution >= 0.6 is 11.5 Å². The van der Waals surface area contributed by atoms with Crippen LogP contribution < -0.4 is 5.32 Å². The van der Waals surface area contributed by atoms with E-state index < -0.39 is 0 Å². The molecule has 2 N–H and O–H groups in total. The minimum Gasteiger partial charge on any atom is -0.360 e. The first-order valence-electron chi connectivity index (χ1n) is 4.87. The van der Waals surface area contributed by atoms with Crippen LogP contribution in [0.3, 0.4) is 0 Å². The molecule has 2 heterocycles. The Morgan fingerprint density at radius 1 is 1.53 bits per heavy atom. The van der Waals surface area contributed by atoms with E-state index >= 15 is 0 Å². The summed E-state index contributed by atoms with van der Waals surface area (Å²) in [6, 6.07) is 0. The quantitative estimate of drug-likeness (QED) is 0.756.